The molecule has 11 heteroatoms. The van der Waals surface area contributed by atoms with E-state index in [4.69, 9.17) is 14.2 Å². The van der Waals surface area contributed by atoms with Gasteiger partial charge in [0.25, 0.3) is 5.91 Å². The molecule has 0 aliphatic heterocycles. The number of anilines is 2. The fraction of sp³-hybridized carbons (Fsp3) is 0.211. The highest BCUT2D eigenvalue weighted by Gasteiger charge is 2.38. The highest BCUT2D eigenvalue weighted by atomic mass is 19.4. The Balaban J connectivity index is 1.98. The van der Waals surface area contributed by atoms with E-state index in [1.165, 1.54) is 38.5 Å². The Hall–Kier alpha value is -3.76. The summed E-state index contributed by atoms with van der Waals surface area (Å²) in [5.74, 6) is -3.02. The molecule has 0 aliphatic rings. The van der Waals surface area contributed by atoms with Crippen LogP contribution >= 0.6 is 0 Å². The molecule has 0 atom stereocenters. The molecular formula is C19H17F3N2O6. The number of methoxy groups -OCH3 is 2. The maximum Gasteiger partial charge on any atom is 0.471 e. The maximum atomic E-state index is 12.3. The van der Waals surface area contributed by atoms with Crippen molar-refractivity contribution in [2.45, 2.75) is 6.18 Å². The first kappa shape index (κ1) is 22.5. The molecule has 0 aliphatic carbocycles. The third-order valence-corrected chi connectivity index (χ3v) is 3.63. The molecule has 0 bridgehead atoms. The van der Waals surface area contributed by atoms with Crippen LogP contribution in [0.5, 0.6) is 11.5 Å². The third-order valence-electron chi connectivity index (χ3n) is 3.63. The topological polar surface area (TPSA) is 103 Å². The summed E-state index contributed by atoms with van der Waals surface area (Å²) in [6.45, 7) is -0.668. The summed E-state index contributed by atoms with van der Waals surface area (Å²) in [7, 11) is 2.85. The van der Waals surface area contributed by atoms with Gasteiger partial charge in [0.1, 0.15) is 11.5 Å². The Morgan fingerprint density at radius 1 is 0.967 bits per heavy atom. The molecule has 2 aromatic rings. The molecule has 160 valence electrons. The lowest BCUT2D eigenvalue weighted by atomic mass is 10.2. The second kappa shape index (κ2) is 9.63. The molecule has 0 fully saturated rings. The molecule has 8 nitrogen and oxygen atoms in total. The van der Waals surface area contributed by atoms with Crippen LogP contribution in [0.3, 0.4) is 0 Å². The van der Waals surface area contributed by atoms with Gasteiger partial charge in [-0.05, 0) is 30.3 Å². The zero-order valence-corrected chi connectivity index (χ0v) is 15.8. The minimum atomic E-state index is -5.07. The number of carbonyl (C=O) groups is 3. The Morgan fingerprint density at radius 2 is 1.70 bits per heavy atom. The number of hydrogen-bond acceptors (Lipinski definition) is 6. The van der Waals surface area contributed by atoms with Gasteiger partial charge in [-0.15, -0.1) is 0 Å². The van der Waals surface area contributed by atoms with Crippen LogP contribution in [0, 0.1) is 0 Å². The molecule has 2 N–H and O–H groups in total. The lowest BCUT2D eigenvalue weighted by Gasteiger charge is -2.12. The third kappa shape index (κ3) is 6.12. The number of esters is 1. The molecular weight excluding hydrogens is 409 g/mol. The molecule has 0 aromatic heterocycles. The zero-order chi connectivity index (χ0) is 22.3. The highest BCUT2D eigenvalue weighted by Crippen LogP contribution is 2.28. The summed E-state index contributed by atoms with van der Waals surface area (Å²) in [6, 6.07) is 9.38. The Kier molecular flexibility index (Phi) is 7.23. The molecule has 0 heterocycles. The molecule has 0 saturated heterocycles. The smallest absolute Gasteiger partial charge is 0.471 e. The fourth-order valence-corrected chi connectivity index (χ4v) is 2.24. The largest absolute Gasteiger partial charge is 0.497 e. The van der Waals surface area contributed by atoms with Gasteiger partial charge in [0, 0.05) is 11.8 Å². The Morgan fingerprint density at radius 3 is 2.33 bits per heavy atom. The average Bonchev–Trinajstić information content (AvgIpc) is 2.71. The summed E-state index contributed by atoms with van der Waals surface area (Å²) in [4.78, 5) is 35.1. The number of alkyl halides is 3. The summed E-state index contributed by atoms with van der Waals surface area (Å²) < 4.78 is 52.0. The molecule has 30 heavy (non-hydrogen) atoms. The van der Waals surface area contributed by atoms with E-state index in [-0.39, 0.29) is 16.9 Å². The van der Waals surface area contributed by atoms with Crippen LogP contribution in [0.15, 0.2) is 42.5 Å². The van der Waals surface area contributed by atoms with Crippen molar-refractivity contribution >= 4 is 29.2 Å². The van der Waals surface area contributed by atoms with E-state index >= 15 is 0 Å². The maximum absolute atomic E-state index is 12.3. The predicted octanol–water partition coefficient (Wildman–Crippen LogP) is 3.00. The second-order valence-corrected chi connectivity index (χ2v) is 5.72. The van der Waals surface area contributed by atoms with Crippen LogP contribution < -0.4 is 20.1 Å². The number of amides is 2. The minimum absolute atomic E-state index is 0.151. The summed E-state index contributed by atoms with van der Waals surface area (Å²) in [5, 5.41) is 4.12. The van der Waals surface area contributed by atoms with Crippen molar-refractivity contribution in [3.05, 3.63) is 48.0 Å². The van der Waals surface area contributed by atoms with Crippen LogP contribution in [0.2, 0.25) is 0 Å². The molecule has 0 saturated carbocycles. The van der Waals surface area contributed by atoms with Gasteiger partial charge in [0.05, 0.1) is 25.5 Å². The van der Waals surface area contributed by atoms with E-state index < -0.39 is 30.6 Å². The molecule has 2 aromatic carbocycles. The van der Waals surface area contributed by atoms with Gasteiger partial charge < -0.3 is 24.8 Å². The van der Waals surface area contributed by atoms with E-state index in [0.29, 0.717) is 11.5 Å². The van der Waals surface area contributed by atoms with E-state index in [1.807, 2.05) is 0 Å². The van der Waals surface area contributed by atoms with Crippen molar-refractivity contribution in [1.82, 2.24) is 0 Å². The van der Waals surface area contributed by atoms with E-state index in [2.05, 4.69) is 5.32 Å². The number of nitrogens with one attached hydrogen (secondary N) is 2. The lowest BCUT2D eigenvalue weighted by molar-refractivity contribution is -0.167. The van der Waals surface area contributed by atoms with Crippen LogP contribution in [-0.2, 0) is 14.3 Å². The molecule has 0 radical (unpaired) electrons. The van der Waals surface area contributed by atoms with Crippen LogP contribution in [0.1, 0.15) is 10.4 Å². The monoisotopic (exact) mass is 426 g/mol. The first-order valence-corrected chi connectivity index (χ1v) is 8.31. The molecule has 0 spiro atoms. The number of halogens is 3. The van der Waals surface area contributed by atoms with E-state index in [9.17, 15) is 27.6 Å². The van der Waals surface area contributed by atoms with Crippen LogP contribution in [-0.4, -0.2) is 44.8 Å². The van der Waals surface area contributed by atoms with Gasteiger partial charge in [-0.2, -0.15) is 13.2 Å². The highest BCUT2D eigenvalue weighted by molar-refractivity contribution is 5.98. The average molecular weight is 426 g/mol. The number of ether oxygens (including phenoxy) is 3. The minimum Gasteiger partial charge on any atom is -0.497 e. The molecule has 2 rings (SSSR count). The summed E-state index contributed by atoms with van der Waals surface area (Å²) in [6.07, 6.45) is -5.07. The van der Waals surface area contributed by atoms with Gasteiger partial charge in [-0.25, -0.2) is 4.79 Å². The van der Waals surface area contributed by atoms with E-state index in [0.717, 1.165) is 6.07 Å². The SMILES string of the molecule is COc1ccc(OC)c(NC(=O)COC(=O)c2cccc(NC(=O)C(F)(F)F)c2)c1. The number of rotatable bonds is 7. The molecule has 0 unspecified atom stereocenters. The van der Waals surface area contributed by atoms with Crippen molar-refractivity contribution in [1.29, 1.82) is 0 Å². The van der Waals surface area contributed by atoms with E-state index in [1.54, 1.807) is 17.4 Å². The van der Waals surface area contributed by atoms with Crippen molar-refractivity contribution in [3.8, 4) is 11.5 Å². The quantitative estimate of drug-likeness (QED) is 0.660. The summed E-state index contributed by atoms with van der Waals surface area (Å²) >= 11 is 0. The first-order chi connectivity index (χ1) is 14.1. The number of benzene rings is 2. The summed E-state index contributed by atoms with van der Waals surface area (Å²) in [5.41, 5.74) is -0.117. The van der Waals surface area contributed by atoms with Gasteiger partial charge in [-0.1, -0.05) is 6.07 Å². The van der Waals surface area contributed by atoms with Crippen molar-refractivity contribution in [2.24, 2.45) is 0 Å². The zero-order valence-electron chi connectivity index (χ0n) is 15.8. The Bertz CT molecular complexity index is 946. The standard InChI is InChI=1S/C19H17F3N2O6/c1-28-13-6-7-15(29-2)14(9-13)24-16(25)10-30-17(26)11-4-3-5-12(8-11)23-18(27)19(20,21)22/h3-9H,10H2,1-2H3,(H,23,27)(H,24,25). The van der Waals surface area contributed by atoms with Gasteiger partial charge in [0.15, 0.2) is 6.61 Å². The van der Waals surface area contributed by atoms with Crippen LogP contribution in [0.25, 0.3) is 0 Å². The van der Waals surface area contributed by atoms with Crippen molar-refractivity contribution in [2.75, 3.05) is 31.5 Å². The van der Waals surface area contributed by atoms with Gasteiger partial charge >= 0.3 is 18.1 Å². The van der Waals surface area contributed by atoms with Crippen molar-refractivity contribution < 1.29 is 41.8 Å². The fourth-order valence-electron chi connectivity index (χ4n) is 2.24. The Labute approximate surface area is 168 Å². The normalized spacial score (nSPS) is 10.7. The number of hydrogen-bond donors (Lipinski definition) is 2. The number of carbonyl (C=O) groups excluding carboxylic acids is 3. The first-order valence-electron chi connectivity index (χ1n) is 8.31. The van der Waals surface area contributed by atoms with Gasteiger partial charge in [-0.3, -0.25) is 9.59 Å². The lowest BCUT2D eigenvalue weighted by Crippen LogP contribution is -2.30. The second-order valence-electron chi connectivity index (χ2n) is 5.72. The molecule has 2 amide bonds. The van der Waals surface area contributed by atoms with Crippen LogP contribution in [0.4, 0.5) is 24.5 Å². The van der Waals surface area contributed by atoms with Crippen molar-refractivity contribution in [3.63, 3.8) is 0 Å². The predicted molar refractivity (Wildman–Crippen MR) is 99.6 cm³/mol. The van der Waals surface area contributed by atoms with Gasteiger partial charge in [0.2, 0.25) is 0 Å².